The van der Waals surface area contributed by atoms with Gasteiger partial charge in [-0.2, -0.15) is 0 Å². The predicted molar refractivity (Wildman–Crippen MR) is 45.0 cm³/mol. The summed E-state index contributed by atoms with van der Waals surface area (Å²) >= 11 is 6.51. The standard InChI is InChI=1S/C6H9NOS2/c1-3-10-5-4(2)8-6(9)7-5/h3H2,1-2H3,(H,7,9). The number of rotatable bonds is 2. The average molecular weight is 175 g/mol. The molecule has 0 fully saturated rings. The summed E-state index contributed by atoms with van der Waals surface area (Å²) in [5, 5.41) is 1.05. The molecule has 1 heterocycles. The van der Waals surface area contributed by atoms with E-state index in [-0.39, 0.29) is 0 Å². The van der Waals surface area contributed by atoms with E-state index in [1.54, 1.807) is 11.8 Å². The van der Waals surface area contributed by atoms with Crippen LogP contribution in [0.2, 0.25) is 0 Å². The van der Waals surface area contributed by atoms with Crippen molar-refractivity contribution in [3.05, 3.63) is 10.6 Å². The lowest BCUT2D eigenvalue weighted by atomic mass is 10.6. The molecule has 2 nitrogen and oxygen atoms in total. The molecule has 0 aliphatic carbocycles. The van der Waals surface area contributed by atoms with E-state index >= 15 is 0 Å². The van der Waals surface area contributed by atoms with Gasteiger partial charge in [-0.1, -0.05) is 6.92 Å². The number of thioether (sulfide) groups is 1. The molecule has 0 aromatic carbocycles. The van der Waals surface area contributed by atoms with Crippen molar-refractivity contribution in [2.24, 2.45) is 0 Å². The van der Waals surface area contributed by atoms with Crippen molar-refractivity contribution in [1.82, 2.24) is 4.98 Å². The van der Waals surface area contributed by atoms with E-state index in [0.717, 1.165) is 16.5 Å². The maximum atomic E-state index is 5.11. The third kappa shape index (κ3) is 1.64. The molecule has 0 aliphatic rings. The van der Waals surface area contributed by atoms with Gasteiger partial charge < -0.3 is 9.40 Å². The lowest BCUT2D eigenvalue weighted by Gasteiger charge is -1.90. The third-order valence-electron chi connectivity index (χ3n) is 1.07. The van der Waals surface area contributed by atoms with Crippen molar-refractivity contribution in [2.45, 2.75) is 18.9 Å². The molecule has 0 aliphatic heterocycles. The molecule has 0 unspecified atom stereocenters. The number of aryl methyl sites for hydroxylation is 1. The van der Waals surface area contributed by atoms with Crippen molar-refractivity contribution in [2.75, 3.05) is 5.75 Å². The van der Waals surface area contributed by atoms with Gasteiger partial charge in [0.15, 0.2) is 0 Å². The van der Waals surface area contributed by atoms with E-state index in [0.29, 0.717) is 4.84 Å². The minimum absolute atomic E-state index is 0.466. The molecule has 10 heavy (non-hydrogen) atoms. The monoisotopic (exact) mass is 175 g/mol. The van der Waals surface area contributed by atoms with Crippen LogP contribution in [0.1, 0.15) is 12.7 Å². The molecule has 1 aromatic heterocycles. The van der Waals surface area contributed by atoms with Gasteiger partial charge in [0.1, 0.15) is 10.8 Å². The Hall–Kier alpha value is -0.220. The molecule has 4 heteroatoms. The van der Waals surface area contributed by atoms with Gasteiger partial charge in [0.2, 0.25) is 0 Å². The lowest BCUT2D eigenvalue weighted by molar-refractivity contribution is 0.507. The van der Waals surface area contributed by atoms with Gasteiger partial charge in [0.05, 0.1) is 0 Å². The molecule has 0 atom stereocenters. The number of hydrogen-bond acceptors (Lipinski definition) is 3. The topological polar surface area (TPSA) is 28.9 Å². The van der Waals surface area contributed by atoms with Crippen molar-refractivity contribution in [1.29, 1.82) is 0 Å². The summed E-state index contributed by atoms with van der Waals surface area (Å²) in [7, 11) is 0. The van der Waals surface area contributed by atoms with Crippen LogP contribution in [0.4, 0.5) is 0 Å². The van der Waals surface area contributed by atoms with E-state index in [2.05, 4.69) is 11.9 Å². The van der Waals surface area contributed by atoms with Crippen molar-refractivity contribution in [3.8, 4) is 0 Å². The van der Waals surface area contributed by atoms with Crippen LogP contribution in [-0.2, 0) is 0 Å². The molecule has 0 amide bonds. The second kappa shape index (κ2) is 3.25. The molecule has 0 bridgehead atoms. The van der Waals surface area contributed by atoms with E-state index in [9.17, 15) is 0 Å². The summed E-state index contributed by atoms with van der Waals surface area (Å²) in [5.74, 6) is 1.92. The van der Waals surface area contributed by atoms with Gasteiger partial charge in [-0.05, 0) is 24.9 Å². The Morgan fingerprint density at radius 2 is 2.40 bits per heavy atom. The lowest BCUT2D eigenvalue weighted by Crippen LogP contribution is -1.74. The Bertz CT molecular complexity index is 263. The van der Waals surface area contributed by atoms with Crippen molar-refractivity contribution < 1.29 is 4.42 Å². The number of oxazole rings is 1. The summed E-state index contributed by atoms with van der Waals surface area (Å²) in [6.07, 6.45) is 0. The largest absolute Gasteiger partial charge is 0.434 e. The summed E-state index contributed by atoms with van der Waals surface area (Å²) in [6.45, 7) is 4.00. The molecule has 56 valence electrons. The van der Waals surface area contributed by atoms with Crippen LogP contribution in [-0.4, -0.2) is 10.7 Å². The van der Waals surface area contributed by atoms with Crippen molar-refractivity contribution in [3.63, 3.8) is 0 Å². The van der Waals surface area contributed by atoms with Crippen LogP contribution in [0.15, 0.2) is 9.44 Å². The number of H-pyrrole nitrogens is 1. The Balaban J connectivity index is 2.92. The Labute approximate surface area is 69.0 Å². The molecule has 0 radical (unpaired) electrons. The number of nitrogens with one attached hydrogen (secondary N) is 1. The SMILES string of the molecule is CCSc1[nH]c(=S)oc1C. The Kier molecular flexibility index (Phi) is 2.56. The van der Waals surface area contributed by atoms with Crippen LogP contribution in [0.25, 0.3) is 0 Å². The highest BCUT2D eigenvalue weighted by Crippen LogP contribution is 2.19. The smallest absolute Gasteiger partial charge is 0.266 e. The van der Waals surface area contributed by atoms with E-state index in [4.69, 9.17) is 16.6 Å². The Morgan fingerprint density at radius 3 is 2.80 bits per heavy atom. The van der Waals surface area contributed by atoms with Crippen LogP contribution < -0.4 is 0 Å². The molecule has 0 spiro atoms. The van der Waals surface area contributed by atoms with E-state index in [1.807, 2.05) is 6.92 Å². The molecular formula is C6H9NOS2. The van der Waals surface area contributed by atoms with Crippen LogP contribution in [0, 0.1) is 11.8 Å². The van der Waals surface area contributed by atoms with Gasteiger partial charge in [0, 0.05) is 0 Å². The first-order valence-electron chi connectivity index (χ1n) is 3.06. The first-order chi connectivity index (χ1) is 4.74. The van der Waals surface area contributed by atoms with Crippen molar-refractivity contribution >= 4 is 24.0 Å². The second-order valence-corrected chi connectivity index (χ2v) is 3.48. The fraction of sp³-hybridized carbons (Fsp3) is 0.500. The van der Waals surface area contributed by atoms with Gasteiger partial charge in [-0.15, -0.1) is 11.8 Å². The molecule has 0 saturated carbocycles. The molecule has 0 saturated heterocycles. The fourth-order valence-electron chi connectivity index (χ4n) is 0.674. The summed E-state index contributed by atoms with van der Waals surface area (Å²) < 4.78 is 5.11. The number of aromatic nitrogens is 1. The highest BCUT2D eigenvalue weighted by atomic mass is 32.2. The normalized spacial score (nSPS) is 10.2. The summed E-state index contributed by atoms with van der Waals surface area (Å²) in [6, 6.07) is 0. The zero-order chi connectivity index (χ0) is 7.56. The quantitative estimate of drug-likeness (QED) is 0.553. The summed E-state index contributed by atoms with van der Waals surface area (Å²) in [4.78, 5) is 3.42. The molecule has 1 rings (SSSR count). The first kappa shape index (κ1) is 7.88. The Morgan fingerprint density at radius 1 is 1.70 bits per heavy atom. The zero-order valence-electron chi connectivity index (χ0n) is 5.93. The third-order valence-corrected chi connectivity index (χ3v) is 2.22. The maximum Gasteiger partial charge on any atom is 0.266 e. The second-order valence-electron chi connectivity index (χ2n) is 1.83. The maximum absolute atomic E-state index is 5.11. The van der Waals surface area contributed by atoms with Gasteiger partial charge in [0.25, 0.3) is 4.84 Å². The highest BCUT2D eigenvalue weighted by Gasteiger charge is 2.00. The van der Waals surface area contributed by atoms with Gasteiger partial charge in [-0.3, -0.25) is 0 Å². The highest BCUT2D eigenvalue weighted by molar-refractivity contribution is 7.99. The van der Waals surface area contributed by atoms with Gasteiger partial charge in [-0.25, -0.2) is 0 Å². The molecule has 1 N–H and O–H groups in total. The van der Waals surface area contributed by atoms with Crippen LogP contribution >= 0.6 is 24.0 Å². The fourth-order valence-corrected chi connectivity index (χ4v) is 1.66. The summed E-state index contributed by atoms with van der Waals surface area (Å²) in [5.41, 5.74) is 0. The number of aromatic amines is 1. The molecular weight excluding hydrogens is 166 g/mol. The van der Waals surface area contributed by atoms with Gasteiger partial charge >= 0.3 is 0 Å². The van der Waals surface area contributed by atoms with E-state index < -0.39 is 0 Å². The average Bonchev–Trinajstić information content (AvgIpc) is 2.13. The molecule has 1 aromatic rings. The first-order valence-corrected chi connectivity index (χ1v) is 4.46. The zero-order valence-corrected chi connectivity index (χ0v) is 7.56. The minimum Gasteiger partial charge on any atom is -0.434 e. The predicted octanol–water partition coefficient (Wildman–Crippen LogP) is 2.76. The van der Waals surface area contributed by atoms with Crippen LogP contribution in [0.3, 0.4) is 0 Å². The van der Waals surface area contributed by atoms with E-state index in [1.165, 1.54) is 0 Å². The number of hydrogen-bond donors (Lipinski definition) is 1. The van der Waals surface area contributed by atoms with Crippen LogP contribution in [0.5, 0.6) is 0 Å². The minimum atomic E-state index is 0.466.